The first kappa shape index (κ1) is 15.3. The van der Waals surface area contributed by atoms with Gasteiger partial charge in [-0.05, 0) is 43.2 Å². The molecule has 0 aliphatic rings. The van der Waals surface area contributed by atoms with Crippen LogP contribution in [0, 0.1) is 19.7 Å². The molecule has 0 aliphatic carbocycles. The molecule has 0 aliphatic heterocycles. The summed E-state index contributed by atoms with van der Waals surface area (Å²) in [5, 5.41) is 2.57. The predicted molar refractivity (Wildman–Crippen MR) is 73.7 cm³/mol. The lowest BCUT2D eigenvalue weighted by molar-refractivity contribution is -0.137. The second-order valence-corrected chi connectivity index (χ2v) is 4.81. The van der Waals surface area contributed by atoms with Crippen LogP contribution in [0.1, 0.15) is 16.7 Å². The van der Waals surface area contributed by atoms with Crippen LogP contribution in [0.3, 0.4) is 0 Å². The lowest BCUT2D eigenvalue weighted by Gasteiger charge is -2.13. The van der Waals surface area contributed by atoms with Crippen LogP contribution in [0.5, 0.6) is 0 Å². The highest BCUT2D eigenvalue weighted by molar-refractivity contribution is 5.67. The molecule has 6 heteroatoms. The molecular formula is C15H14F4N2. The van der Waals surface area contributed by atoms with Crippen molar-refractivity contribution in [3.63, 3.8) is 0 Å². The molecule has 0 fully saturated rings. The van der Waals surface area contributed by atoms with Crippen molar-refractivity contribution in [2.45, 2.75) is 20.0 Å². The Bertz CT molecular complexity index is 655. The summed E-state index contributed by atoms with van der Waals surface area (Å²) in [6, 6.07) is 4.75. The molecule has 1 heterocycles. The molecule has 1 aromatic heterocycles. The summed E-state index contributed by atoms with van der Waals surface area (Å²) in [4.78, 5) is 4.04. The maximum Gasteiger partial charge on any atom is 0.416 e. The van der Waals surface area contributed by atoms with Crippen molar-refractivity contribution in [1.29, 1.82) is 0 Å². The van der Waals surface area contributed by atoms with E-state index in [1.54, 1.807) is 19.9 Å². The Morgan fingerprint density at radius 3 is 2.24 bits per heavy atom. The first-order chi connectivity index (χ1) is 9.72. The van der Waals surface area contributed by atoms with Gasteiger partial charge in [-0.15, -0.1) is 0 Å². The van der Waals surface area contributed by atoms with Gasteiger partial charge in [0.05, 0.1) is 11.3 Å². The first-order valence-electron chi connectivity index (χ1n) is 6.26. The number of nitrogens with zero attached hydrogens (tertiary/aromatic N) is 1. The molecule has 1 aromatic carbocycles. The van der Waals surface area contributed by atoms with Gasteiger partial charge in [0.15, 0.2) is 0 Å². The van der Waals surface area contributed by atoms with E-state index < -0.39 is 17.6 Å². The number of hydrogen-bond donors (Lipinski definition) is 1. The minimum absolute atomic E-state index is 0.0378. The molecule has 0 unspecified atom stereocenters. The number of pyridine rings is 1. The van der Waals surface area contributed by atoms with E-state index in [0.717, 1.165) is 12.1 Å². The molecule has 0 spiro atoms. The summed E-state index contributed by atoms with van der Waals surface area (Å²) in [5.41, 5.74) is 0.430. The van der Waals surface area contributed by atoms with Gasteiger partial charge >= 0.3 is 6.18 Å². The Morgan fingerprint density at radius 2 is 1.71 bits per heavy atom. The van der Waals surface area contributed by atoms with E-state index in [-0.39, 0.29) is 17.1 Å². The van der Waals surface area contributed by atoms with Gasteiger partial charge in [0.1, 0.15) is 11.6 Å². The van der Waals surface area contributed by atoms with Crippen molar-refractivity contribution in [2.24, 2.45) is 0 Å². The van der Waals surface area contributed by atoms with Crippen LogP contribution in [0.15, 0.2) is 24.3 Å². The van der Waals surface area contributed by atoms with Crippen LogP contribution >= 0.6 is 0 Å². The number of aromatic nitrogens is 1. The van der Waals surface area contributed by atoms with Crippen LogP contribution in [0.2, 0.25) is 0 Å². The van der Waals surface area contributed by atoms with Crippen LogP contribution in [0.4, 0.5) is 23.4 Å². The van der Waals surface area contributed by atoms with Gasteiger partial charge in [0.25, 0.3) is 0 Å². The van der Waals surface area contributed by atoms with Crippen LogP contribution in [-0.2, 0) is 6.18 Å². The molecule has 2 rings (SSSR count). The lowest BCUT2D eigenvalue weighted by Crippen LogP contribution is -2.08. The Kier molecular flexibility index (Phi) is 3.89. The summed E-state index contributed by atoms with van der Waals surface area (Å²) in [5.74, 6) is -0.541. The summed E-state index contributed by atoms with van der Waals surface area (Å²) in [7, 11) is 1.46. The first-order valence-corrected chi connectivity index (χ1v) is 6.26. The van der Waals surface area contributed by atoms with Crippen molar-refractivity contribution in [2.75, 3.05) is 12.4 Å². The van der Waals surface area contributed by atoms with E-state index in [4.69, 9.17) is 0 Å². The standard InChI is InChI=1S/C15H14F4N2/c1-8-4-9(2)14(11(16)5-8)12-6-10(15(17,18)19)7-13(20-3)21-12/h4-7H,1-3H3,(H,20,21). The van der Waals surface area contributed by atoms with Gasteiger partial charge in [-0.1, -0.05) is 6.07 Å². The molecule has 112 valence electrons. The van der Waals surface area contributed by atoms with Gasteiger partial charge in [-0.2, -0.15) is 13.2 Å². The number of halogens is 4. The number of aryl methyl sites for hydroxylation is 2. The number of anilines is 1. The highest BCUT2D eigenvalue weighted by atomic mass is 19.4. The molecule has 1 N–H and O–H groups in total. The fourth-order valence-corrected chi connectivity index (χ4v) is 2.19. The number of nitrogens with one attached hydrogen (secondary N) is 1. The zero-order chi connectivity index (χ0) is 15.8. The number of alkyl halides is 3. The average molecular weight is 298 g/mol. The van der Waals surface area contributed by atoms with Crippen LogP contribution in [0.25, 0.3) is 11.3 Å². The maximum atomic E-state index is 14.1. The number of rotatable bonds is 2. The lowest BCUT2D eigenvalue weighted by atomic mass is 10.0. The maximum absolute atomic E-state index is 14.1. The molecule has 0 bridgehead atoms. The SMILES string of the molecule is CNc1cc(C(F)(F)F)cc(-c2c(C)cc(C)cc2F)n1. The van der Waals surface area contributed by atoms with E-state index >= 15 is 0 Å². The quantitative estimate of drug-likeness (QED) is 0.822. The topological polar surface area (TPSA) is 24.9 Å². The zero-order valence-corrected chi connectivity index (χ0v) is 11.8. The summed E-state index contributed by atoms with van der Waals surface area (Å²) in [6.07, 6.45) is -4.52. The van der Waals surface area contributed by atoms with E-state index in [2.05, 4.69) is 10.3 Å². The van der Waals surface area contributed by atoms with E-state index in [0.29, 0.717) is 11.1 Å². The predicted octanol–water partition coefficient (Wildman–Crippen LogP) is 4.57. The molecule has 0 atom stereocenters. The summed E-state index contributed by atoms with van der Waals surface area (Å²) >= 11 is 0. The summed E-state index contributed by atoms with van der Waals surface area (Å²) in [6.45, 7) is 3.37. The Morgan fingerprint density at radius 1 is 1.05 bits per heavy atom. The fraction of sp³-hybridized carbons (Fsp3) is 0.267. The van der Waals surface area contributed by atoms with Crippen molar-refractivity contribution in [3.05, 3.63) is 46.8 Å². The second kappa shape index (κ2) is 5.35. The normalized spacial score (nSPS) is 11.6. The third-order valence-corrected chi connectivity index (χ3v) is 3.10. The van der Waals surface area contributed by atoms with Gasteiger partial charge in [-0.3, -0.25) is 0 Å². The molecule has 2 aromatic rings. The van der Waals surface area contributed by atoms with Crippen molar-refractivity contribution >= 4 is 5.82 Å². The van der Waals surface area contributed by atoms with Gasteiger partial charge in [0.2, 0.25) is 0 Å². The van der Waals surface area contributed by atoms with Crippen LogP contribution in [-0.4, -0.2) is 12.0 Å². The number of hydrogen-bond acceptors (Lipinski definition) is 2. The van der Waals surface area contributed by atoms with Gasteiger partial charge < -0.3 is 5.32 Å². The van der Waals surface area contributed by atoms with E-state index in [1.807, 2.05) is 0 Å². The van der Waals surface area contributed by atoms with Crippen molar-refractivity contribution in [1.82, 2.24) is 4.98 Å². The minimum Gasteiger partial charge on any atom is -0.373 e. The Labute approximate surface area is 119 Å². The largest absolute Gasteiger partial charge is 0.416 e. The highest BCUT2D eigenvalue weighted by Gasteiger charge is 2.32. The van der Waals surface area contributed by atoms with E-state index in [1.165, 1.54) is 13.1 Å². The Balaban J connectivity index is 2.70. The monoisotopic (exact) mass is 298 g/mol. The smallest absolute Gasteiger partial charge is 0.373 e. The molecule has 0 saturated heterocycles. The molecule has 0 radical (unpaired) electrons. The fourth-order valence-electron chi connectivity index (χ4n) is 2.19. The molecule has 21 heavy (non-hydrogen) atoms. The van der Waals surface area contributed by atoms with Crippen molar-refractivity contribution < 1.29 is 17.6 Å². The Hall–Kier alpha value is -2.11. The van der Waals surface area contributed by atoms with Crippen molar-refractivity contribution in [3.8, 4) is 11.3 Å². The van der Waals surface area contributed by atoms with Gasteiger partial charge in [-0.25, -0.2) is 9.37 Å². The zero-order valence-electron chi connectivity index (χ0n) is 11.8. The third-order valence-electron chi connectivity index (χ3n) is 3.10. The minimum atomic E-state index is -4.52. The summed E-state index contributed by atoms with van der Waals surface area (Å²) < 4.78 is 52.9. The second-order valence-electron chi connectivity index (χ2n) is 4.81. The average Bonchev–Trinajstić information content (AvgIpc) is 2.36. The molecule has 0 saturated carbocycles. The van der Waals surface area contributed by atoms with E-state index in [9.17, 15) is 17.6 Å². The van der Waals surface area contributed by atoms with Gasteiger partial charge in [0, 0.05) is 12.6 Å². The highest BCUT2D eigenvalue weighted by Crippen LogP contribution is 2.35. The number of benzene rings is 1. The third kappa shape index (κ3) is 3.15. The van der Waals surface area contributed by atoms with Crippen LogP contribution < -0.4 is 5.32 Å². The molecule has 0 amide bonds. The molecular weight excluding hydrogens is 284 g/mol. The molecule has 2 nitrogen and oxygen atoms in total.